The molecule has 0 radical (unpaired) electrons. The van der Waals surface area contributed by atoms with E-state index in [2.05, 4.69) is 6.92 Å². The van der Waals surface area contributed by atoms with Gasteiger partial charge in [-0.2, -0.15) is 0 Å². The van der Waals surface area contributed by atoms with Crippen molar-refractivity contribution in [2.24, 2.45) is 0 Å². The lowest BCUT2D eigenvalue weighted by Gasteiger charge is -2.08. The Morgan fingerprint density at radius 2 is 0.806 bits per heavy atom. The molecule has 0 saturated heterocycles. The lowest BCUT2D eigenvalue weighted by Crippen LogP contribution is -2.15. The van der Waals surface area contributed by atoms with E-state index in [-0.39, 0.29) is 44.6 Å². The van der Waals surface area contributed by atoms with Crippen LogP contribution in [-0.4, -0.2) is 102 Å². The van der Waals surface area contributed by atoms with Gasteiger partial charge in [-0.1, -0.05) is 26.2 Å². The molecule has 0 spiro atoms. The Balaban J connectivity index is 3.17. The minimum atomic E-state index is -0.862. The quantitative estimate of drug-likeness (QED) is 0.120. The molecule has 0 aromatic rings. The number of ether oxygens (including phenoxy) is 7. The number of unbranched alkanes of at least 4 members (excludes halogenated alkanes) is 4. The van der Waals surface area contributed by atoms with Gasteiger partial charge in [0.05, 0.1) is 66.1 Å². The van der Waals surface area contributed by atoms with Crippen LogP contribution < -0.4 is 0 Å². The minimum Gasteiger partial charge on any atom is -0.481 e. The van der Waals surface area contributed by atoms with Crippen LogP contribution in [0.5, 0.6) is 0 Å². The summed E-state index contributed by atoms with van der Waals surface area (Å²) < 4.78 is 36.9. The molecule has 1 N–H and O–H groups in total. The zero-order valence-corrected chi connectivity index (χ0v) is 21.9. The van der Waals surface area contributed by atoms with Crippen LogP contribution >= 0.6 is 0 Å². The zero-order valence-electron chi connectivity index (χ0n) is 21.9. The Morgan fingerprint density at radius 3 is 1.17 bits per heavy atom. The molecule has 11 nitrogen and oxygen atoms in total. The highest BCUT2D eigenvalue weighted by atomic mass is 16.6. The van der Waals surface area contributed by atoms with Gasteiger partial charge in [0.2, 0.25) is 0 Å². The van der Waals surface area contributed by atoms with Crippen LogP contribution in [0.4, 0.5) is 0 Å². The zero-order chi connectivity index (χ0) is 26.5. The van der Waals surface area contributed by atoms with Crippen molar-refractivity contribution in [3.63, 3.8) is 0 Å². The predicted octanol–water partition coefficient (Wildman–Crippen LogP) is 2.77. The van der Waals surface area contributed by atoms with Gasteiger partial charge in [0.15, 0.2) is 0 Å². The first-order chi connectivity index (χ1) is 17.6. The van der Waals surface area contributed by atoms with Gasteiger partial charge in [-0.3, -0.25) is 14.4 Å². The molecule has 0 rings (SSSR count). The molecule has 36 heavy (non-hydrogen) atoms. The summed E-state index contributed by atoms with van der Waals surface area (Å²) in [5, 5.41) is 8.52. The van der Waals surface area contributed by atoms with Crippen LogP contribution in [0.25, 0.3) is 0 Å². The molecule has 0 heterocycles. The number of carboxylic acid groups (broad SMARTS) is 1. The van der Waals surface area contributed by atoms with Crippen molar-refractivity contribution < 1.29 is 52.6 Å². The highest BCUT2D eigenvalue weighted by molar-refractivity contribution is 5.70. The third-order valence-electron chi connectivity index (χ3n) is 4.73. The fourth-order valence-corrected chi connectivity index (χ4v) is 2.80. The van der Waals surface area contributed by atoms with Crippen molar-refractivity contribution in [3.8, 4) is 0 Å². The molecule has 11 heteroatoms. The molecular weight excluding hydrogens is 476 g/mol. The summed E-state index contributed by atoms with van der Waals surface area (Å²) in [6.45, 7) is 6.69. The fraction of sp³-hybridized carbons (Fsp3) is 0.880. The molecule has 0 aliphatic carbocycles. The smallest absolute Gasteiger partial charge is 0.305 e. The standard InChI is InChI=1S/C25H46O11/c1-2-3-4-5-9-24(28)35-21-19-33-17-15-31-13-11-30-12-14-32-16-18-34-20-22-36-25(29)10-7-6-8-23(26)27/h2-22H2,1H3,(H,26,27). The van der Waals surface area contributed by atoms with Crippen molar-refractivity contribution in [2.45, 2.75) is 64.7 Å². The Bertz CT molecular complexity index is 528. The van der Waals surface area contributed by atoms with Gasteiger partial charge in [-0.05, 0) is 19.3 Å². The molecular formula is C25H46O11. The first-order valence-electron chi connectivity index (χ1n) is 13.0. The Morgan fingerprint density at radius 1 is 0.472 bits per heavy atom. The molecule has 0 bridgehead atoms. The maximum absolute atomic E-state index is 11.5. The van der Waals surface area contributed by atoms with E-state index >= 15 is 0 Å². The molecule has 0 unspecified atom stereocenters. The van der Waals surface area contributed by atoms with Gasteiger partial charge in [0.25, 0.3) is 0 Å². The van der Waals surface area contributed by atoms with Crippen molar-refractivity contribution in [1.29, 1.82) is 0 Å². The second-order valence-electron chi connectivity index (χ2n) is 7.91. The number of carbonyl (C=O) groups is 3. The maximum atomic E-state index is 11.5. The van der Waals surface area contributed by atoms with E-state index in [1.807, 2.05) is 0 Å². The molecule has 0 aromatic carbocycles. The van der Waals surface area contributed by atoms with Crippen LogP contribution in [0.1, 0.15) is 64.7 Å². The normalized spacial score (nSPS) is 10.9. The van der Waals surface area contributed by atoms with E-state index in [0.29, 0.717) is 78.7 Å². The van der Waals surface area contributed by atoms with Gasteiger partial charge in [-0.15, -0.1) is 0 Å². The first-order valence-corrected chi connectivity index (χ1v) is 13.0. The molecule has 0 saturated carbocycles. The summed E-state index contributed by atoms with van der Waals surface area (Å²) >= 11 is 0. The van der Waals surface area contributed by atoms with Crippen molar-refractivity contribution in [2.75, 3.05) is 79.3 Å². The second-order valence-corrected chi connectivity index (χ2v) is 7.91. The largest absolute Gasteiger partial charge is 0.481 e. The second kappa shape index (κ2) is 27.8. The van der Waals surface area contributed by atoms with Crippen LogP contribution in [0.2, 0.25) is 0 Å². The topological polar surface area (TPSA) is 136 Å². The number of hydrogen-bond acceptors (Lipinski definition) is 10. The van der Waals surface area contributed by atoms with Gasteiger partial charge in [0, 0.05) is 19.3 Å². The van der Waals surface area contributed by atoms with E-state index < -0.39 is 5.97 Å². The number of aliphatic carboxylic acids is 1. The van der Waals surface area contributed by atoms with Gasteiger partial charge < -0.3 is 38.3 Å². The van der Waals surface area contributed by atoms with E-state index in [4.69, 9.17) is 38.3 Å². The molecule has 212 valence electrons. The summed E-state index contributed by atoms with van der Waals surface area (Å²) in [7, 11) is 0. The summed E-state index contributed by atoms with van der Waals surface area (Å²) in [4.78, 5) is 33.3. The molecule has 0 fully saturated rings. The third-order valence-corrected chi connectivity index (χ3v) is 4.73. The monoisotopic (exact) mass is 522 g/mol. The average molecular weight is 523 g/mol. The number of hydrogen-bond donors (Lipinski definition) is 1. The van der Waals surface area contributed by atoms with Crippen LogP contribution in [-0.2, 0) is 47.5 Å². The van der Waals surface area contributed by atoms with Crippen molar-refractivity contribution >= 4 is 17.9 Å². The van der Waals surface area contributed by atoms with Crippen molar-refractivity contribution in [1.82, 2.24) is 0 Å². The minimum absolute atomic E-state index is 0.0616. The molecule has 0 aliphatic rings. The Kier molecular flexibility index (Phi) is 26.4. The number of carboxylic acids is 1. The Labute approximate surface area is 215 Å². The summed E-state index contributed by atoms with van der Waals surface area (Å²) in [5.74, 6) is -1.37. The van der Waals surface area contributed by atoms with Crippen LogP contribution in [0.15, 0.2) is 0 Å². The van der Waals surface area contributed by atoms with Gasteiger partial charge in [0.1, 0.15) is 13.2 Å². The first kappa shape index (κ1) is 34.2. The molecule has 0 aliphatic heterocycles. The molecule has 0 amide bonds. The number of carbonyl (C=O) groups excluding carboxylic acids is 2. The fourth-order valence-electron chi connectivity index (χ4n) is 2.80. The number of rotatable bonds is 28. The van der Waals surface area contributed by atoms with Crippen LogP contribution in [0.3, 0.4) is 0 Å². The van der Waals surface area contributed by atoms with E-state index in [1.165, 1.54) is 0 Å². The van der Waals surface area contributed by atoms with Gasteiger partial charge >= 0.3 is 17.9 Å². The number of esters is 2. The highest BCUT2D eigenvalue weighted by Crippen LogP contribution is 2.03. The van der Waals surface area contributed by atoms with E-state index in [9.17, 15) is 14.4 Å². The third kappa shape index (κ3) is 28.4. The maximum Gasteiger partial charge on any atom is 0.305 e. The molecule has 0 atom stereocenters. The van der Waals surface area contributed by atoms with Crippen molar-refractivity contribution in [3.05, 3.63) is 0 Å². The summed E-state index contributed by atoms with van der Waals surface area (Å²) in [5.41, 5.74) is 0. The van der Waals surface area contributed by atoms with Crippen LogP contribution in [0, 0.1) is 0 Å². The summed E-state index contributed by atoms with van der Waals surface area (Å²) in [6, 6.07) is 0. The lowest BCUT2D eigenvalue weighted by atomic mass is 10.2. The molecule has 0 aromatic heterocycles. The van der Waals surface area contributed by atoms with E-state index in [0.717, 1.165) is 25.7 Å². The SMILES string of the molecule is CCCCCCC(=O)OCCOCCOCCOCCOCCOCCOC(=O)CCCCC(=O)O. The predicted molar refractivity (Wildman–Crippen MR) is 131 cm³/mol. The average Bonchev–Trinajstić information content (AvgIpc) is 2.85. The van der Waals surface area contributed by atoms with E-state index in [1.54, 1.807) is 0 Å². The lowest BCUT2D eigenvalue weighted by molar-refractivity contribution is -0.146. The summed E-state index contributed by atoms with van der Waals surface area (Å²) in [6.07, 6.45) is 5.96. The Hall–Kier alpha value is -1.79. The van der Waals surface area contributed by atoms with Gasteiger partial charge in [-0.25, -0.2) is 0 Å². The highest BCUT2D eigenvalue weighted by Gasteiger charge is 2.04.